The van der Waals surface area contributed by atoms with Crippen LogP contribution in [0.2, 0.25) is 0 Å². The number of carbonyl (C=O) groups is 1. The van der Waals surface area contributed by atoms with Gasteiger partial charge in [0.1, 0.15) is 11.5 Å². The van der Waals surface area contributed by atoms with Crippen LogP contribution < -0.4 is 14.8 Å². The monoisotopic (exact) mass is 342 g/mol. The quantitative estimate of drug-likeness (QED) is 0.761. The zero-order valence-corrected chi connectivity index (χ0v) is 15.1. The number of nitrogens with zero attached hydrogens (tertiary/aromatic N) is 1. The van der Waals surface area contributed by atoms with Crippen LogP contribution in [0.3, 0.4) is 0 Å². The summed E-state index contributed by atoms with van der Waals surface area (Å²) in [6, 6.07) is 17.4. The van der Waals surface area contributed by atoms with E-state index < -0.39 is 0 Å². The first-order valence-electron chi connectivity index (χ1n) is 8.44. The van der Waals surface area contributed by atoms with Gasteiger partial charge in [0, 0.05) is 6.54 Å². The molecule has 1 atom stereocenters. The molecule has 2 rings (SSSR count). The van der Waals surface area contributed by atoms with E-state index in [1.165, 1.54) is 0 Å². The lowest BCUT2D eigenvalue weighted by molar-refractivity contribution is -0.123. The lowest BCUT2D eigenvalue weighted by Gasteiger charge is -2.25. The third kappa shape index (κ3) is 6.12. The van der Waals surface area contributed by atoms with Crippen LogP contribution in [0.25, 0.3) is 0 Å². The summed E-state index contributed by atoms with van der Waals surface area (Å²) in [6.45, 7) is 3.13. The van der Waals surface area contributed by atoms with E-state index in [-0.39, 0.29) is 18.6 Å². The summed E-state index contributed by atoms with van der Waals surface area (Å²) in [5.74, 6) is 1.40. The van der Waals surface area contributed by atoms with Crippen molar-refractivity contribution in [2.24, 2.45) is 0 Å². The van der Waals surface area contributed by atoms with Crippen LogP contribution >= 0.6 is 0 Å². The molecule has 1 amide bonds. The van der Waals surface area contributed by atoms with Gasteiger partial charge in [-0.2, -0.15) is 0 Å². The first-order chi connectivity index (χ1) is 12.1. The first kappa shape index (κ1) is 18.8. The predicted octanol–water partition coefficient (Wildman–Crippen LogP) is 2.88. The van der Waals surface area contributed by atoms with E-state index in [1.807, 2.05) is 75.6 Å². The molecule has 0 saturated carbocycles. The zero-order chi connectivity index (χ0) is 18.1. The van der Waals surface area contributed by atoms with Crippen molar-refractivity contribution in [3.05, 3.63) is 60.2 Å². The third-order valence-electron chi connectivity index (χ3n) is 3.80. The summed E-state index contributed by atoms with van der Waals surface area (Å²) in [5, 5.41) is 2.94. The van der Waals surface area contributed by atoms with Gasteiger partial charge in [-0.05, 0) is 50.8 Å². The summed E-state index contributed by atoms with van der Waals surface area (Å²) in [7, 11) is 3.99. The molecule has 0 aliphatic rings. The van der Waals surface area contributed by atoms with Crippen LogP contribution in [0.1, 0.15) is 18.5 Å². The second-order valence-corrected chi connectivity index (χ2v) is 5.89. The maximum atomic E-state index is 12.0. The van der Waals surface area contributed by atoms with Crippen molar-refractivity contribution in [1.29, 1.82) is 0 Å². The molecule has 0 heterocycles. The fourth-order valence-corrected chi connectivity index (χ4v) is 2.48. The van der Waals surface area contributed by atoms with E-state index >= 15 is 0 Å². The van der Waals surface area contributed by atoms with Crippen molar-refractivity contribution in [1.82, 2.24) is 10.2 Å². The van der Waals surface area contributed by atoms with E-state index in [9.17, 15) is 4.79 Å². The van der Waals surface area contributed by atoms with Crippen LogP contribution in [0.4, 0.5) is 0 Å². The highest BCUT2D eigenvalue weighted by Crippen LogP contribution is 2.21. The van der Waals surface area contributed by atoms with E-state index in [0.29, 0.717) is 18.9 Å². The molecule has 25 heavy (non-hydrogen) atoms. The van der Waals surface area contributed by atoms with E-state index in [0.717, 1.165) is 11.3 Å². The average molecular weight is 342 g/mol. The Morgan fingerprint density at radius 1 is 1.00 bits per heavy atom. The highest BCUT2D eigenvalue weighted by molar-refractivity contribution is 5.77. The number of hydrogen-bond donors (Lipinski definition) is 1. The maximum Gasteiger partial charge on any atom is 0.258 e. The third-order valence-corrected chi connectivity index (χ3v) is 3.80. The van der Waals surface area contributed by atoms with Crippen molar-refractivity contribution in [3.8, 4) is 11.5 Å². The number of ether oxygens (including phenoxy) is 2. The van der Waals surface area contributed by atoms with Crippen LogP contribution in [0.15, 0.2) is 54.6 Å². The zero-order valence-electron chi connectivity index (χ0n) is 15.1. The van der Waals surface area contributed by atoms with Crippen LogP contribution in [0, 0.1) is 0 Å². The van der Waals surface area contributed by atoms with Crippen molar-refractivity contribution < 1.29 is 14.3 Å². The number of rotatable bonds is 9. The smallest absolute Gasteiger partial charge is 0.258 e. The Labute approximate surface area is 149 Å². The fourth-order valence-electron chi connectivity index (χ4n) is 2.48. The molecule has 134 valence electrons. The summed E-state index contributed by atoms with van der Waals surface area (Å²) < 4.78 is 10.9. The highest BCUT2D eigenvalue weighted by Gasteiger charge is 2.15. The lowest BCUT2D eigenvalue weighted by atomic mass is 10.1. The number of hydrogen-bond acceptors (Lipinski definition) is 4. The van der Waals surface area contributed by atoms with Gasteiger partial charge in [0.15, 0.2) is 6.61 Å². The van der Waals surface area contributed by atoms with E-state index in [2.05, 4.69) is 10.2 Å². The number of para-hydroxylation sites is 1. The second kappa shape index (κ2) is 9.69. The molecule has 2 aromatic rings. The molecule has 0 saturated heterocycles. The van der Waals surface area contributed by atoms with Gasteiger partial charge in [-0.3, -0.25) is 4.79 Å². The molecule has 0 fully saturated rings. The van der Waals surface area contributed by atoms with Crippen LogP contribution in [0.5, 0.6) is 11.5 Å². The molecule has 0 aromatic heterocycles. The normalized spacial score (nSPS) is 11.8. The van der Waals surface area contributed by atoms with Crippen molar-refractivity contribution in [2.45, 2.75) is 13.0 Å². The van der Waals surface area contributed by atoms with Gasteiger partial charge >= 0.3 is 0 Å². The fraction of sp³-hybridized carbons (Fsp3) is 0.350. The van der Waals surface area contributed by atoms with E-state index in [1.54, 1.807) is 0 Å². The van der Waals surface area contributed by atoms with Gasteiger partial charge in [0.05, 0.1) is 12.6 Å². The lowest BCUT2D eigenvalue weighted by Crippen LogP contribution is -2.36. The van der Waals surface area contributed by atoms with Crippen molar-refractivity contribution in [2.75, 3.05) is 33.9 Å². The van der Waals surface area contributed by atoms with Crippen molar-refractivity contribution in [3.63, 3.8) is 0 Å². The van der Waals surface area contributed by atoms with E-state index in [4.69, 9.17) is 9.47 Å². The summed E-state index contributed by atoms with van der Waals surface area (Å²) in [6.07, 6.45) is 0. The first-order valence-corrected chi connectivity index (χ1v) is 8.44. The number of benzene rings is 2. The SMILES string of the molecule is CCOc1ccc(C(CNC(=O)COc2ccccc2)N(C)C)cc1. The molecule has 0 spiro atoms. The second-order valence-electron chi connectivity index (χ2n) is 5.89. The number of amides is 1. The van der Waals surface area contributed by atoms with Gasteiger partial charge in [-0.25, -0.2) is 0 Å². The Bertz CT molecular complexity index is 642. The Hall–Kier alpha value is -2.53. The molecule has 0 aliphatic carbocycles. The molecule has 1 N–H and O–H groups in total. The molecular formula is C20H26N2O3. The van der Waals surface area contributed by atoms with Gasteiger partial charge in [0.2, 0.25) is 0 Å². The largest absolute Gasteiger partial charge is 0.494 e. The Morgan fingerprint density at radius 2 is 1.64 bits per heavy atom. The van der Waals surface area contributed by atoms with Crippen LogP contribution in [-0.4, -0.2) is 44.7 Å². The summed E-state index contributed by atoms with van der Waals surface area (Å²) in [4.78, 5) is 14.1. The van der Waals surface area contributed by atoms with Gasteiger partial charge in [-0.1, -0.05) is 30.3 Å². The Morgan fingerprint density at radius 3 is 2.24 bits per heavy atom. The topological polar surface area (TPSA) is 50.8 Å². The van der Waals surface area contributed by atoms with Gasteiger partial charge in [-0.15, -0.1) is 0 Å². The minimum atomic E-state index is -0.137. The standard InChI is InChI=1S/C20H26N2O3/c1-4-24-18-12-10-16(11-13-18)19(22(2)3)14-21-20(23)15-25-17-8-6-5-7-9-17/h5-13,19H,4,14-15H2,1-3H3,(H,21,23). The molecule has 0 radical (unpaired) electrons. The average Bonchev–Trinajstić information content (AvgIpc) is 2.62. The number of carbonyl (C=O) groups excluding carboxylic acids is 1. The number of nitrogens with one attached hydrogen (secondary N) is 1. The maximum absolute atomic E-state index is 12.0. The molecule has 1 unspecified atom stereocenters. The molecule has 2 aromatic carbocycles. The highest BCUT2D eigenvalue weighted by atomic mass is 16.5. The Balaban J connectivity index is 1.87. The van der Waals surface area contributed by atoms with Crippen molar-refractivity contribution >= 4 is 5.91 Å². The Kier molecular flexibility index (Phi) is 7.29. The molecule has 5 nitrogen and oxygen atoms in total. The minimum absolute atomic E-state index is 0.00738. The molecule has 0 bridgehead atoms. The summed E-state index contributed by atoms with van der Waals surface area (Å²) >= 11 is 0. The van der Waals surface area contributed by atoms with Crippen LogP contribution in [-0.2, 0) is 4.79 Å². The molecule has 5 heteroatoms. The molecule has 0 aliphatic heterocycles. The summed E-state index contributed by atoms with van der Waals surface area (Å²) in [5.41, 5.74) is 1.12. The minimum Gasteiger partial charge on any atom is -0.494 e. The van der Waals surface area contributed by atoms with Gasteiger partial charge < -0.3 is 19.7 Å². The van der Waals surface area contributed by atoms with Gasteiger partial charge in [0.25, 0.3) is 5.91 Å². The number of likely N-dealkylation sites (N-methyl/N-ethyl adjacent to an activating group) is 1. The molecular weight excluding hydrogens is 316 g/mol. The predicted molar refractivity (Wildman–Crippen MR) is 99.0 cm³/mol.